The fourth-order valence-electron chi connectivity index (χ4n) is 4.37. The van der Waals surface area contributed by atoms with Gasteiger partial charge in [0.1, 0.15) is 17.6 Å². The van der Waals surface area contributed by atoms with Gasteiger partial charge in [0, 0.05) is 18.8 Å². The second-order valence-electron chi connectivity index (χ2n) is 8.88. The van der Waals surface area contributed by atoms with Gasteiger partial charge in [0.15, 0.2) is 0 Å². The molecule has 3 rings (SSSR count). The Labute approximate surface area is 207 Å². The normalized spacial score (nSPS) is 15.1. The molecule has 1 aliphatic rings. The summed E-state index contributed by atoms with van der Waals surface area (Å²) in [5.41, 5.74) is -1.43. The van der Waals surface area contributed by atoms with Crippen LogP contribution in [0.25, 0.3) is 0 Å². The van der Waals surface area contributed by atoms with Gasteiger partial charge in [-0.2, -0.15) is 13.2 Å². The van der Waals surface area contributed by atoms with Crippen molar-refractivity contribution < 1.29 is 31.9 Å². The molecule has 6 nitrogen and oxygen atoms in total. The van der Waals surface area contributed by atoms with Gasteiger partial charge in [-0.15, -0.1) is 0 Å². The van der Waals surface area contributed by atoms with E-state index in [0.29, 0.717) is 24.8 Å². The van der Waals surface area contributed by atoms with Crippen LogP contribution in [0.15, 0.2) is 42.5 Å². The van der Waals surface area contributed by atoms with E-state index in [0.717, 1.165) is 49.9 Å². The van der Waals surface area contributed by atoms with Crippen molar-refractivity contribution in [2.45, 2.75) is 50.7 Å². The lowest BCUT2D eigenvalue weighted by Gasteiger charge is -2.27. The van der Waals surface area contributed by atoms with Gasteiger partial charge in [-0.1, -0.05) is 38.2 Å². The quantitative estimate of drug-likeness (QED) is 0.306. The minimum atomic E-state index is -4.93. The topological polar surface area (TPSA) is 79.5 Å². The largest absolute Gasteiger partial charge is 0.497 e. The zero-order valence-corrected chi connectivity index (χ0v) is 20.1. The third-order valence-electron chi connectivity index (χ3n) is 6.31. The Morgan fingerprint density at radius 1 is 1.03 bits per heavy atom. The average Bonchev–Trinajstić information content (AvgIpc) is 2.86. The predicted octanol–water partition coefficient (Wildman–Crippen LogP) is 5.15. The molecule has 3 N–H and O–H groups in total. The Bertz CT molecular complexity index is 1020. The van der Waals surface area contributed by atoms with Crippen LogP contribution in [0.4, 0.5) is 23.2 Å². The van der Waals surface area contributed by atoms with Crippen LogP contribution in [0.3, 0.4) is 0 Å². The molecule has 2 aromatic carbocycles. The number of nitrogens with one attached hydrogen (secondary N) is 3. The van der Waals surface area contributed by atoms with Crippen molar-refractivity contribution in [1.82, 2.24) is 10.6 Å². The molecule has 10 heteroatoms. The number of amides is 2. The molecule has 0 aromatic heterocycles. The standard InChI is InChI=1S/C26H31F4N3O3/c1-36-19-12-10-18(11-13-19)31-14-15-32-25(35)22(16-17-6-3-2-4-7-17)33-24(34)20-8-5-9-21(23(20)27)26(28,29)30/h5,8-13,17,22,31H,2-4,6-7,14-16H2,1H3,(H,32,35)(H,33,34)/t22-/m0/s1. The molecule has 1 atom stereocenters. The number of hydrogen-bond donors (Lipinski definition) is 3. The summed E-state index contributed by atoms with van der Waals surface area (Å²) in [7, 11) is 1.57. The van der Waals surface area contributed by atoms with E-state index in [4.69, 9.17) is 4.74 Å². The fourth-order valence-corrected chi connectivity index (χ4v) is 4.37. The lowest BCUT2D eigenvalue weighted by atomic mass is 9.84. The molecule has 1 aliphatic carbocycles. The van der Waals surface area contributed by atoms with Crippen LogP contribution in [-0.4, -0.2) is 38.1 Å². The first kappa shape index (κ1) is 27.3. The molecule has 0 saturated heterocycles. The van der Waals surface area contributed by atoms with Gasteiger partial charge in [-0.25, -0.2) is 4.39 Å². The molecule has 36 heavy (non-hydrogen) atoms. The number of rotatable bonds is 10. The van der Waals surface area contributed by atoms with Gasteiger partial charge in [-0.3, -0.25) is 9.59 Å². The highest BCUT2D eigenvalue weighted by atomic mass is 19.4. The second kappa shape index (κ2) is 12.6. The molecule has 2 aromatic rings. The molecule has 196 valence electrons. The summed E-state index contributed by atoms with van der Waals surface area (Å²) in [6.07, 6.45) is 0.335. The second-order valence-corrected chi connectivity index (χ2v) is 8.88. The highest BCUT2D eigenvalue weighted by Gasteiger charge is 2.36. The van der Waals surface area contributed by atoms with Crippen LogP contribution in [0.2, 0.25) is 0 Å². The molecule has 1 saturated carbocycles. The zero-order chi connectivity index (χ0) is 26.1. The number of anilines is 1. The first-order chi connectivity index (χ1) is 17.2. The van der Waals surface area contributed by atoms with Crippen LogP contribution in [0.1, 0.15) is 54.4 Å². The summed E-state index contributed by atoms with van der Waals surface area (Å²) in [4.78, 5) is 25.7. The maximum absolute atomic E-state index is 14.5. The van der Waals surface area contributed by atoms with Crippen molar-refractivity contribution in [1.29, 1.82) is 0 Å². The summed E-state index contributed by atoms with van der Waals surface area (Å²) in [6.45, 7) is 0.657. The minimum absolute atomic E-state index is 0.193. The van der Waals surface area contributed by atoms with E-state index in [9.17, 15) is 27.2 Å². The van der Waals surface area contributed by atoms with E-state index in [1.807, 2.05) is 12.1 Å². The third-order valence-corrected chi connectivity index (χ3v) is 6.31. The van der Waals surface area contributed by atoms with Crippen LogP contribution in [0.5, 0.6) is 5.75 Å². The van der Waals surface area contributed by atoms with Crippen molar-refractivity contribution in [2.75, 3.05) is 25.5 Å². The van der Waals surface area contributed by atoms with Crippen molar-refractivity contribution in [2.24, 2.45) is 5.92 Å². The van der Waals surface area contributed by atoms with Crippen LogP contribution in [-0.2, 0) is 11.0 Å². The molecule has 0 bridgehead atoms. The Balaban J connectivity index is 1.64. The van der Waals surface area contributed by atoms with Gasteiger partial charge in [0.25, 0.3) is 5.91 Å². The van der Waals surface area contributed by atoms with Crippen molar-refractivity contribution in [3.63, 3.8) is 0 Å². The van der Waals surface area contributed by atoms with Gasteiger partial charge < -0.3 is 20.7 Å². The monoisotopic (exact) mass is 509 g/mol. The summed E-state index contributed by atoms with van der Waals surface area (Å²) in [5, 5.41) is 8.39. The molecule has 0 unspecified atom stereocenters. The molecule has 0 aliphatic heterocycles. The minimum Gasteiger partial charge on any atom is -0.497 e. The van der Waals surface area contributed by atoms with Gasteiger partial charge in [0.2, 0.25) is 5.91 Å². The Morgan fingerprint density at radius 2 is 1.72 bits per heavy atom. The van der Waals surface area contributed by atoms with Crippen LogP contribution < -0.4 is 20.7 Å². The van der Waals surface area contributed by atoms with Crippen molar-refractivity contribution >= 4 is 17.5 Å². The lowest BCUT2D eigenvalue weighted by molar-refractivity contribution is -0.140. The highest BCUT2D eigenvalue weighted by molar-refractivity contribution is 5.98. The summed E-state index contributed by atoms with van der Waals surface area (Å²) >= 11 is 0. The molecule has 0 heterocycles. The molecule has 0 spiro atoms. The summed E-state index contributed by atoms with van der Waals surface area (Å²) in [6, 6.07) is 8.79. The highest BCUT2D eigenvalue weighted by Crippen LogP contribution is 2.32. The first-order valence-electron chi connectivity index (χ1n) is 12.0. The summed E-state index contributed by atoms with van der Waals surface area (Å²) < 4.78 is 58.8. The van der Waals surface area contributed by atoms with Crippen molar-refractivity contribution in [3.05, 3.63) is 59.4 Å². The van der Waals surface area contributed by atoms with E-state index in [2.05, 4.69) is 16.0 Å². The maximum Gasteiger partial charge on any atom is 0.419 e. The molecular formula is C26H31F4N3O3. The Morgan fingerprint density at radius 3 is 2.36 bits per heavy atom. The number of halogens is 4. The SMILES string of the molecule is COc1ccc(NCCNC(=O)[C@H](CC2CCCCC2)NC(=O)c2cccc(C(F)(F)F)c2F)cc1. The number of carbonyl (C=O) groups excluding carboxylic acids is 2. The van der Waals surface area contributed by atoms with Gasteiger partial charge in [-0.05, 0) is 48.7 Å². The van der Waals surface area contributed by atoms with Gasteiger partial charge in [0.05, 0.1) is 18.2 Å². The molecule has 1 fully saturated rings. The number of methoxy groups -OCH3 is 1. The fraction of sp³-hybridized carbons (Fsp3) is 0.462. The van der Waals surface area contributed by atoms with E-state index in [1.54, 1.807) is 19.2 Å². The van der Waals surface area contributed by atoms with Gasteiger partial charge >= 0.3 is 6.18 Å². The molecule has 2 amide bonds. The number of alkyl halides is 3. The number of hydrogen-bond acceptors (Lipinski definition) is 4. The smallest absolute Gasteiger partial charge is 0.419 e. The number of ether oxygens (including phenoxy) is 1. The van der Waals surface area contributed by atoms with E-state index in [1.165, 1.54) is 0 Å². The number of carbonyl (C=O) groups is 2. The van der Waals surface area contributed by atoms with E-state index < -0.39 is 41.0 Å². The average molecular weight is 510 g/mol. The molecule has 0 radical (unpaired) electrons. The van der Waals surface area contributed by atoms with E-state index in [-0.39, 0.29) is 12.5 Å². The lowest BCUT2D eigenvalue weighted by Crippen LogP contribution is -2.48. The Hall–Kier alpha value is -3.30. The van der Waals surface area contributed by atoms with Crippen LogP contribution in [0, 0.1) is 11.7 Å². The van der Waals surface area contributed by atoms with E-state index >= 15 is 0 Å². The zero-order valence-electron chi connectivity index (χ0n) is 20.1. The summed E-state index contributed by atoms with van der Waals surface area (Å²) in [5.74, 6) is -2.25. The predicted molar refractivity (Wildman–Crippen MR) is 128 cm³/mol. The maximum atomic E-state index is 14.5. The third kappa shape index (κ3) is 7.60. The number of benzene rings is 2. The van der Waals surface area contributed by atoms with Crippen molar-refractivity contribution in [3.8, 4) is 5.75 Å². The first-order valence-corrected chi connectivity index (χ1v) is 12.0. The Kier molecular flexibility index (Phi) is 9.55. The van der Waals surface area contributed by atoms with Crippen LogP contribution >= 0.6 is 0 Å². The molecular weight excluding hydrogens is 478 g/mol.